The summed E-state index contributed by atoms with van der Waals surface area (Å²) in [5.74, 6) is 2.13. The Hall–Kier alpha value is -0.240. The molecule has 3 nitrogen and oxygen atoms in total. The Morgan fingerprint density at radius 1 is 1.44 bits per heavy atom. The van der Waals surface area contributed by atoms with Gasteiger partial charge in [-0.2, -0.15) is 17.0 Å². The number of ether oxygens (including phenoxy) is 1. The van der Waals surface area contributed by atoms with Gasteiger partial charge in [-0.05, 0) is 45.1 Å². The topological polar surface area (TPSA) is 45.0 Å². The maximum atomic E-state index is 9.13. The van der Waals surface area contributed by atoms with Crippen LogP contribution in [0.5, 0.6) is 0 Å². The maximum absolute atomic E-state index is 9.13. The number of hydrogen-bond acceptors (Lipinski definition) is 4. The van der Waals surface area contributed by atoms with Gasteiger partial charge in [0.05, 0.1) is 6.07 Å². The van der Waals surface area contributed by atoms with Gasteiger partial charge in [0.25, 0.3) is 0 Å². The third-order valence-electron chi connectivity index (χ3n) is 2.24. The number of rotatable bonds is 9. The summed E-state index contributed by atoms with van der Waals surface area (Å²) in [4.78, 5) is 0. The van der Waals surface area contributed by atoms with E-state index in [1.807, 2.05) is 18.7 Å². The Kier molecular flexibility index (Phi) is 8.73. The van der Waals surface area contributed by atoms with Crippen molar-refractivity contribution < 1.29 is 4.74 Å². The molecule has 94 valence electrons. The SMILES string of the molecule is COCCCSCCC(C)(C#N)NC(C)C. The van der Waals surface area contributed by atoms with Crippen LogP contribution in [0.15, 0.2) is 0 Å². The summed E-state index contributed by atoms with van der Waals surface area (Å²) in [6.45, 7) is 6.94. The molecule has 0 amide bonds. The lowest BCUT2D eigenvalue weighted by atomic mass is 10.0. The van der Waals surface area contributed by atoms with Crippen molar-refractivity contribution >= 4 is 11.8 Å². The second kappa shape index (κ2) is 8.86. The lowest BCUT2D eigenvalue weighted by molar-refractivity contribution is 0.200. The van der Waals surface area contributed by atoms with Crippen molar-refractivity contribution in [3.8, 4) is 6.07 Å². The zero-order valence-electron chi connectivity index (χ0n) is 10.9. The third-order valence-corrected chi connectivity index (χ3v) is 3.31. The maximum Gasteiger partial charge on any atom is 0.104 e. The first kappa shape index (κ1) is 15.8. The minimum absolute atomic E-state index is 0.350. The highest BCUT2D eigenvalue weighted by Crippen LogP contribution is 2.15. The number of nitrogens with one attached hydrogen (secondary N) is 1. The van der Waals surface area contributed by atoms with Gasteiger partial charge in [0.15, 0.2) is 0 Å². The normalized spacial score (nSPS) is 14.8. The van der Waals surface area contributed by atoms with Crippen LogP contribution in [-0.4, -0.2) is 36.8 Å². The monoisotopic (exact) mass is 244 g/mol. The summed E-state index contributed by atoms with van der Waals surface area (Å²) < 4.78 is 4.99. The van der Waals surface area contributed by atoms with E-state index in [1.54, 1.807) is 7.11 Å². The fourth-order valence-corrected chi connectivity index (χ4v) is 2.56. The number of methoxy groups -OCH3 is 1. The molecule has 0 aromatic heterocycles. The molecule has 0 rings (SSSR count). The Labute approximate surface area is 104 Å². The van der Waals surface area contributed by atoms with Crippen molar-refractivity contribution in [1.29, 1.82) is 5.26 Å². The summed E-state index contributed by atoms with van der Waals surface area (Å²) in [7, 11) is 1.73. The van der Waals surface area contributed by atoms with E-state index < -0.39 is 0 Å². The molecule has 0 aromatic carbocycles. The van der Waals surface area contributed by atoms with E-state index in [1.165, 1.54) is 0 Å². The number of thioether (sulfide) groups is 1. The van der Waals surface area contributed by atoms with Crippen LogP contribution in [0.3, 0.4) is 0 Å². The van der Waals surface area contributed by atoms with Crippen LogP contribution in [0.2, 0.25) is 0 Å². The minimum atomic E-state index is -0.386. The smallest absolute Gasteiger partial charge is 0.104 e. The first-order valence-electron chi connectivity index (χ1n) is 5.79. The van der Waals surface area contributed by atoms with Crippen molar-refractivity contribution in [3.63, 3.8) is 0 Å². The largest absolute Gasteiger partial charge is 0.385 e. The molecule has 0 saturated carbocycles. The number of nitriles is 1. The lowest BCUT2D eigenvalue weighted by Gasteiger charge is -2.25. The molecule has 1 atom stereocenters. The van der Waals surface area contributed by atoms with Gasteiger partial charge >= 0.3 is 0 Å². The summed E-state index contributed by atoms with van der Waals surface area (Å²) in [6, 6.07) is 2.71. The molecule has 0 saturated heterocycles. The Morgan fingerprint density at radius 2 is 2.12 bits per heavy atom. The minimum Gasteiger partial charge on any atom is -0.385 e. The van der Waals surface area contributed by atoms with E-state index >= 15 is 0 Å². The fourth-order valence-electron chi connectivity index (χ4n) is 1.48. The van der Waals surface area contributed by atoms with Gasteiger partial charge < -0.3 is 4.74 Å². The molecule has 4 heteroatoms. The van der Waals surface area contributed by atoms with Crippen molar-refractivity contribution in [3.05, 3.63) is 0 Å². The zero-order valence-corrected chi connectivity index (χ0v) is 11.7. The Morgan fingerprint density at radius 3 is 2.62 bits per heavy atom. The summed E-state index contributed by atoms with van der Waals surface area (Å²) >= 11 is 1.89. The van der Waals surface area contributed by atoms with Crippen LogP contribution in [0.4, 0.5) is 0 Å². The van der Waals surface area contributed by atoms with E-state index in [9.17, 15) is 0 Å². The highest BCUT2D eigenvalue weighted by atomic mass is 32.2. The van der Waals surface area contributed by atoms with E-state index in [0.29, 0.717) is 6.04 Å². The highest BCUT2D eigenvalue weighted by Gasteiger charge is 2.23. The van der Waals surface area contributed by atoms with Crippen LogP contribution in [0.1, 0.15) is 33.6 Å². The quantitative estimate of drug-likeness (QED) is 0.633. The van der Waals surface area contributed by atoms with Gasteiger partial charge in [0.2, 0.25) is 0 Å². The molecule has 0 fully saturated rings. The molecular weight excluding hydrogens is 220 g/mol. The Bertz CT molecular complexity index is 216. The first-order valence-corrected chi connectivity index (χ1v) is 6.95. The van der Waals surface area contributed by atoms with Crippen molar-refractivity contribution in [2.24, 2.45) is 0 Å². The van der Waals surface area contributed by atoms with Gasteiger partial charge in [-0.25, -0.2) is 0 Å². The molecule has 0 spiro atoms. The lowest BCUT2D eigenvalue weighted by Crippen LogP contribution is -2.45. The molecule has 0 aliphatic rings. The molecule has 0 radical (unpaired) electrons. The molecule has 1 N–H and O–H groups in total. The highest BCUT2D eigenvalue weighted by molar-refractivity contribution is 7.99. The molecule has 16 heavy (non-hydrogen) atoms. The Balaban J connectivity index is 3.67. The average molecular weight is 244 g/mol. The molecule has 0 aliphatic carbocycles. The first-order chi connectivity index (χ1) is 7.54. The van der Waals surface area contributed by atoms with Gasteiger partial charge in [0, 0.05) is 19.8 Å². The van der Waals surface area contributed by atoms with Crippen LogP contribution < -0.4 is 5.32 Å². The van der Waals surface area contributed by atoms with Crippen LogP contribution in [-0.2, 0) is 4.74 Å². The number of hydrogen-bond donors (Lipinski definition) is 1. The third kappa shape index (κ3) is 7.98. The van der Waals surface area contributed by atoms with Crippen molar-refractivity contribution in [1.82, 2.24) is 5.32 Å². The van der Waals surface area contributed by atoms with Crippen molar-refractivity contribution in [2.75, 3.05) is 25.2 Å². The second-order valence-corrected chi connectivity index (χ2v) is 5.68. The van der Waals surface area contributed by atoms with E-state index in [2.05, 4.69) is 25.2 Å². The molecule has 0 aromatic rings. The molecular formula is C12H24N2OS. The summed E-state index contributed by atoms with van der Waals surface area (Å²) in [6.07, 6.45) is 1.97. The summed E-state index contributed by atoms with van der Waals surface area (Å²) in [5, 5.41) is 12.4. The predicted octanol–water partition coefficient (Wildman–Crippen LogP) is 2.43. The molecule has 0 heterocycles. The van der Waals surface area contributed by atoms with E-state index in [4.69, 9.17) is 10.00 Å². The summed E-state index contributed by atoms with van der Waals surface area (Å²) in [5.41, 5.74) is -0.386. The standard InChI is InChI=1S/C12H24N2OS/c1-11(2)14-12(3,10-13)6-9-16-8-5-7-15-4/h11,14H,5-9H2,1-4H3. The number of nitrogens with zero attached hydrogens (tertiary/aromatic N) is 1. The fraction of sp³-hybridized carbons (Fsp3) is 0.917. The van der Waals surface area contributed by atoms with Crippen LogP contribution >= 0.6 is 11.8 Å². The van der Waals surface area contributed by atoms with Gasteiger partial charge in [-0.3, -0.25) is 5.32 Å². The average Bonchev–Trinajstić information content (AvgIpc) is 2.22. The predicted molar refractivity (Wildman–Crippen MR) is 70.7 cm³/mol. The van der Waals surface area contributed by atoms with Gasteiger partial charge in [-0.1, -0.05) is 0 Å². The molecule has 0 bridgehead atoms. The van der Waals surface area contributed by atoms with Crippen LogP contribution in [0, 0.1) is 11.3 Å². The zero-order chi connectivity index (χ0) is 12.4. The van der Waals surface area contributed by atoms with Gasteiger partial charge in [0.1, 0.15) is 5.54 Å². The molecule has 1 unspecified atom stereocenters. The van der Waals surface area contributed by atoms with E-state index in [-0.39, 0.29) is 5.54 Å². The van der Waals surface area contributed by atoms with Gasteiger partial charge in [-0.15, -0.1) is 0 Å². The second-order valence-electron chi connectivity index (χ2n) is 4.45. The van der Waals surface area contributed by atoms with Crippen molar-refractivity contribution in [2.45, 2.75) is 45.2 Å². The van der Waals surface area contributed by atoms with Crippen LogP contribution in [0.25, 0.3) is 0 Å². The molecule has 0 aliphatic heterocycles. The van der Waals surface area contributed by atoms with E-state index in [0.717, 1.165) is 31.0 Å².